The number of hydrogen-bond donors (Lipinski definition) is 2. The Hall–Kier alpha value is -1.87. The number of aliphatic hydroxyl groups excluding tert-OH is 1. The summed E-state index contributed by atoms with van der Waals surface area (Å²) in [5.74, 6) is -0.00542. The number of fused-ring (bicyclic) bond motifs is 3. The first-order valence-corrected chi connectivity index (χ1v) is 11.1. The molecular formula is C26H34O3. The van der Waals surface area contributed by atoms with Crippen molar-refractivity contribution in [1.29, 1.82) is 0 Å². The molecule has 0 spiro atoms. The molecule has 3 aliphatic rings. The van der Waals surface area contributed by atoms with E-state index in [1.165, 1.54) is 11.1 Å². The van der Waals surface area contributed by atoms with Crippen molar-refractivity contribution in [2.24, 2.45) is 28.6 Å². The highest BCUT2D eigenvalue weighted by Crippen LogP contribution is 2.66. The Morgan fingerprint density at radius 3 is 2.48 bits per heavy atom. The maximum atomic E-state index is 12.4. The summed E-state index contributed by atoms with van der Waals surface area (Å²) >= 11 is 0. The van der Waals surface area contributed by atoms with E-state index in [0.717, 1.165) is 24.8 Å². The van der Waals surface area contributed by atoms with Gasteiger partial charge >= 0.3 is 5.97 Å². The summed E-state index contributed by atoms with van der Waals surface area (Å²) in [6, 6.07) is 10.3. The molecule has 29 heavy (non-hydrogen) atoms. The van der Waals surface area contributed by atoms with Gasteiger partial charge in [0, 0.05) is 5.92 Å². The molecule has 3 nitrogen and oxygen atoms in total. The van der Waals surface area contributed by atoms with Gasteiger partial charge < -0.3 is 10.2 Å². The van der Waals surface area contributed by atoms with Gasteiger partial charge in [-0.15, -0.1) is 0 Å². The van der Waals surface area contributed by atoms with Crippen LogP contribution in [0.3, 0.4) is 0 Å². The van der Waals surface area contributed by atoms with E-state index in [9.17, 15) is 15.0 Å². The van der Waals surface area contributed by atoms with Gasteiger partial charge in [0.2, 0.25) is 0 Å². The summed E-state index contributed by atoms with van der Waals surface area (Å²) < 4.78 is 0. The number of aliphatic hydroxyl groups is 1. The van der Waals surface area contributed by atoms with Crippen LogP contribution >= 0.6 is 0 Å². The second kappa shape index (κ2) is 7.12. The molecule has 1 fully saturated rings. The van der Waals surface area contributed by atoms with E-state index in [4.69, 9.17) is 0 Å². The highest BCUT2D eigenvalue weighted by atomic mass is 16.4. The topological polar surface area (TPSA) is 57.5 Å². The molecule has 156 valence electrons. The fourth-order valence-corrected chi connectivity index (χ4v) is 6.91. The van der Waals surface area contributed by atoms with Crippen molar-refractivity contribution in [3.05, 3.63) is 59.2 Å². The number of hydrogen-bond acceptors (Lipinski definition) is 2. The lowest BCUT2D eigenvalue weighted by Gasteiger charge is -2.62. The summed E-state index contributed by atoms with van der Waals surface area (Å²) in [6.07, 6.45) is 7.20. The zero-order valence-electron chi connectivity index (χ0n) is 18.1. The quantitative estimate of drug-likeness (QED) is 0.704. The molecule has 0 aliphatic heterocycles. The predicted octanol–water partition coefficient (Wildman–Crippen LogP) is 5.57. The number of carbonyl (C=O) groups is 1. The predicted molar refractivity (Wildman–Crippen MR) is 115 cm³/mol. The fourth-order valence-electron chi connectivity index (χ4n) is 6.91. The smallest absolute Gasteiger partial charge is 0.309 e. The van der Waals surface area contributed by atoms with Gasteiger partial charge in [-0.05, 0) is 66.9 Å². The molecule has 0 radical (unpaired) electrons. The van der Waals surface area contributed by atoms with Gasteiger partial charge in [-0.2, -0.15) is 0 Å². The van der Waals surface area contributed by atoms with E-state index >= 15 is 0 Å². The molecule has 3 aliphatic carbocycles. The lowest BCUT2D eigenvalue weighted by Crippen LogP contribution is -2.60. The second-order valence-electron chi connectivity index (χ2n) is 10.2. The van der Waals surface area contributed by atoms with Gasteiger partial charge in [0.15, 0.2) is 0 Å². The van der Waals surface area contributed by atoms with E-state index in [2.05, 4.69) is 45.1 Å². The average Bonchev–Trinajstić information content (AvgIpc) is 2.67. The molecule has 0 aromatic heterocycles. The van der Waals surface area contributed by atoms with E-state index < -0.39 is 17.5 Å². The number of carboxylic acid groups (broad SMARTS) is 1. The molecule has 0 saturated heterocycles. The number of benzene rings is 1. The Balaban J connectivity index is 1.88. The average molecular weight is 395 g/mol. The second-order valence-corrected chi connectivity index (χ2v) is 10.2. The summed E-state index contributed by atoms with van der Waals surface area (Å²) in [4.78, 5) is 12.4. The van der Waals surface area contributed by atoms with Crippen molar-refractivity contribution in [1.82, 2.24) is 0 Å². The van der Waals surface area contributed by atoms with Gasteiger partial charge in [0.25, 0.3) is 0 Å². The van der Waals surface area contributed by atoms with E-state index in [0.29, 0.717) is 12.3 Å². The van der Waals surface area contributed by atoms with Gasteiger partial charge in [-0.1, -0.05) is 68.8 Å². The van der Waals surface area contributed by atoms with Crippen LogP contribution in [0.15, 0.2) is 53.6 Å². The van der Waals surface area contributed by atoms with Gasteiger partial charge in [-0.25, -0.2) is 0 Å². The van der Waals surface area contributed by atoms with Crippen LogP contribution in [0.1, 0.15) is 64.9 Å². The van der Waals surface area contributed by atoms with Crippen molar-refractivity contribution in [2.75, 3.05) is 0 Å². The van der Waals surface area contributed by atoms with Crippen LogP contribution in [-0.4, -0.2) is 22.3 Å². The standard InChI is InChI=1S/C26H34O3/c1-16(2)18-10-12-20-19(14-18)11-13-22-25(3,24(28)29)15-21(27)23(26(20,22)4)17-8-6-5-7-9-17/h5-9,11,14,16,20-23,27H,10,12-13,15H2,1-4H3,(H,28,29)/t20-,21?,22-,23?,25+,26+/m0/s1. The third-order valence-electron chi connectivity index (χ3n) is 8.41. The molecule has 1 aromatic carbocycles. The first kappa shape index (κ1) is 20.4. The zero-order valence-corrected chi connectivity index (χ0v) is 18.1. The molecule has 2 N–H and O–H groups in total. The third-order valence-corrected chi connectivity index (χ3v) is 8.41. The highest BCUT2D eigenvalue weighted by Gasteiger charge is 2.63. The first-order valence-electron chi connectivity index (χ1n) is 11.1. The molecule has 1 aromatic rings. The lowest BCUT2D eigenvalue weighted by molar-refractivity contribution is -0.175. The molecule has 2 unspecified atom stereocenters. The van der Waals surface area contributed by atoms with Crippen LogP contribution in [0, 0.1) is 28.6 Å². The minimum absolute atomic E-state index is 0.00357. The van der Waals surface area contributed by atoms with Crippen LogP contribution in [0.2, 0.25) is 0 Å². The summed E-state index contributed by atoms with van der Waals surface area (Å²) in [5, 5.41) is 21.5. The number of aliphatic carboxylic acids is 1. The van der Waals surface area contributed by atoms with E-state index in [-0.39, 0.29) is 23.2 Å². The fraction of sp³-hybridized carbons (Fsp3) is 0.577. The van der Waals surface area contributed by atoms with Gasteiger partial charge in [-0.3, -0.25) is 4.79 Å². The SMILES string of the molecule is CC(C)C1=CC2=CC[C@@H]3[C@](C)(C(c4ccccc4)C(O)C[C@@]3(C)C(=O)O)[C@H]2CC1. The molecule has 0 amide bonds. The van der Waals surface area contributed by atoms with E-state index in [1.54, 1.807) is 0 Å². The molecule has 3 heteroatoms. The van der Waals surface area contributed by atoms with Crippen LogP contribution in [0.25, 0.3) is 0 Å². The highest BCUT2D eigenvalue weighted by molar-refractivity contribution is 5.75. The molecule has 0 heterocycles. The lowest BCUT2D eigenvalue weighted by atomic mass is 9.42. The zero-order chi connectivity index (χ0) is 21.0. The maximum Gasteiger partial charge on any atom is 0.309 e. The van der Waals surface area contributed by atoms with Crippen LogP contribution in [0.5, 0.6) is 0 Å². The number of allylic oxidation sites excluding steroid dienone is 4. The molecule has 1 saturated carbocycles. The van der Waals surface area contributed by atoms with Crippen LogP contribution < -0.4 is 0 Å². The molecule has 4 rings (SSSR count). The normalized spacial score (nSPS) is 39.2. The Kier molecular flexibility index (Phi) is 5.01. The van der Waals surface area contributed by atoms with Crippen molar-refractivity contribution in [3.63, 3.8) is 0 Å². The molecule has 6 atom stereocenters. The monoisotopic (exact) mass is 394 g/mol. The van der Waals surface area contributed by atoms with Gasteiger partial charge in [0.1, 0.15) is 0 Å². The largest absolute Gasteiger partial charge is 0.481 e. The first-order chi connectivity index (χ1) is 13.7. The Bertz CT molecular complexity index is 852. The minimum atomic E-state index is -0.913. The number of carboxylic acids is 1. The van der Waals surface area contributed by atoms with Gasteiger partial charge in [0.05, 0.1) is 11.5 Å². The van der Waals surface area contributed by atoms with Crippen LogP contribution in [0.4, 0.5) is 0 Å². The Morgan fingerprint density at radius 1 is 1.17 bits per heavy atom. The van der Waals surface area contributed by atoms with Crippen molar-refractivity contribution >= 4 is 5.97 Å². The minimum Gasteiger partial charge on any atom is -0.481 e. The van der Waals surface area contributed by atoms with Crippen molar-refractivity contribution in [3.8, 4) is 0 Å². The maximum absolute atomic E-state index is 12.4. The molecular weight excluding hydrogens is 360 g/mol. The summed E-state index contributed by atoms with van der Waals surface area (Å²) in [6.45, 7) is 8.63. The summed E-state index contributed by atoms with van der Waals surface area (Å²) in [5.41, 5.74) is 2.78. The van der Waals surface area contributed by atoms with Crippen LogP contribution in [-0.2, 0) is 4.79 Å². The van der Waals surface area contributed by atoms with E-state index in [1.807, 2.05) is 25.1 Å². The Labute approximate surface area is 174 Å². The number of rotatable bonds is 3. The van der Waals surface area contributed by atoms with Crippen molar-refractivity contribution < 1.29 is 15.0 Å². The summed E-state index contributed by atoms with van der Waals surface area (Å²) in [7, 11) is 0. The Morgan fingerprint density at radius 2 is 1.86 bits per heavy atom. The third kappa shape index (κ3) is 3.01. The molecule has 0 bridgehead atoms. The van der Waals surface area contributed by atoms with Crippen molar-refractivity contribution in [2.45, 2.75) is 65.4 Å².